The van der Waals surface area contributed by atoms with Gasteiger partial charge in [-0.05, 0) is 76.7 Å². The van der Waals surface area contributed by atoms with Crippen LogP contribution in [0.2, 0.25) is 0 Å². The van der Waals surface area contributed by atoms with Gasteiger partial charge in [-0.1, -0.05) is 326 Å². The third-order valence-electron chi connectivity index (χ3n) is 16.5. The smallest absolute Gasteiger partial charge is 0.306 e. The van der Waals surface area contributed by atoms with Gasteiger partial charge in [0.25, 0.3) is 7.82 Å². The van der Waals surface area contributed by atoms with E-state index >= 15 is 0 Å². The summed E-state index contributed by atoms with van der Waals surface area (Å²) in [5.41, 5.74) is 0. The highest BCUT2D eigenvalue weighted by Crippen LogP contribution is 2.38. The number of unbranched alkanes of at least 4 members (excludes halogenated alkanes) is 43. The molecule has 9 nitrogen and oxygen atoms in total. The Morgan fingerprint density at radius 2 is 0.718 bits per heavy atom. The number of quaternary nitrogens is 1. The number of likely N-dealkylation sites (N-methyl/N-ethyl adjacent to an activating group) is 1. The molecule has 0 spiro atoms. The van der Waals surface area contributed by atoms with Crippen LogP contribution in [0.4, 0.5) is 0 Å². The zero-order valence-corrected chi connectivity index (χ0v) is 58.0. The maximum Gasteiger partial charge on any atom is 0.306 e. The van der Waals surface area contributed by atoms with Crippen molar-refractivity contribution in [2.75, 3.05) is 40.9 Å². The second kappa shape index (κ2) is 64.7. The van der Waals surface area contributed by atoms with Crippen LogP contribution in [0.25, 0.3) is 0 Å². The minimum atomic E-state index is -4.71. The Labute approximate surface area is 528 Å². The van der Waals surface area contributed by atoms with Crippen molar-refractivity contribution >= 4 is 19.7 Å². The molecule has 0 aromatic heterocycles. The molecule has 0 aliphatic rings. The van der Waals surface area contributed by atoms with E-state index in [0.29, 0.717) is 17.4 Å². The Morgan fingerprint density at radius 1 is 0.412 bits per heavy atom. The maximum atomic E-state index is 13.6. The molecule has 0 heterocycles. The van der Waals surface area contributed by atoms with Crippen LogP contribution in [-0.4, -0.2) is 69.4 Å². The number of esters is 1. The first-order valence-electron chi connectivity index (χ1n) is 36.6. The number of hydrogen-bond donors (Lipinski definition) is 1. The fraction of sp³-hybridized carbons (Fsp3) is 0.840. The number of nitrogens with one attached hydrogen (secondary N) is 1. The number of phosphoric ester groups is 1. The summed E-state index contributed by atoms with van der Waals surface area (Å²) in [5, 5.41) is 3.04. The second-order valence-electron chi connectivity index (χ2n) is 26.1. The van der Waals surface area contributed by atoms with Gasteiger partial charge in [0, 0.05) is 12.8 Å². The minimum absolute atomic E-state index is 0.0260. The average Bonchev–Trinajstić information content (AvgIpc) is 3.50. The topological polar surface area (TPSA) is 114 Å². The van der Waals surface area contributed by atoms with Crippen LogP contribution in [0.1, 0.15) is 355 Å². The third kappa shape index (κ3) is 66.0. The summed E-state index contributed by atoms with van der Waals surface area (Å²) < 4.78 is 30.5. The largest absolute Gasteiger partial charge is 0.756 e. The first kappa shape index (κ1) is 82.7. The molecule has 0 radical (unpaired) electrons. The summed E-state index contributed by atoms with van der Waals surface area (Å²) in [4.78, 5) is 40.2. The summed E-state index contributed by atoms with van der Waals surface area (Å²) in [6.07, 6.45) is 83.5. The molecule has 0 bridgehead atoms. The van der Waals surface area contributed by atoms with Crippen molar-refractivity contribution in [3.63, 3.8) is 0 Å². The van der Waals surface area contributed by atoms with Crippen LogP contribution in [0.3, 0.4) is 0 Å². The van der Waals surface area contributed by atoms with Crippen molar-refractivity contribution in [2.24, 2.45) is 0 Å². The number of rotatable bonds is 67. The van der Waals surface area contributed by atoms with E-state index in [1.807, 2.05) is 33.3 Å². The maximum absolute atomic E-state index is 13.6. The third-order valence-corrected chi connectivity index (χ3v) is 17.4. The molecule has 3 unspecified atom stereocenters. The van der Waals surface area contributed by atoms with Gasteiger partial charge in [0.2, 0.25) is 5.91 Å². The molecule has 0 rings (SSSR count). The van der Waals surface area contributed by atoms with Gasteiger partial charge in [-0.15, -0.1) is 0 Å². The van der Waals surface area contributed by atoms with Crippen molar-refractivity contribution < 1.29 is 37.3 Å². The van der Waals surface area contributed by atoms with E-state index in [4.69, 9.17) is 13.8 Å². The lowest BCUT2D eigenvalue weighted by atomic mass is 10.0. The highest BCUT2D eigenvalue weighted by atomic mass is 31.2. The highest BCUT2D eigenvalue weighted by molar-refractivity contribution is 7.45. The molecular weight excluding hydrogens is 1070 g/mol. The first-order valence-corrected chi connectivity index (χ1v) is 38.1. The Kier molecular flexibility index (Phi) is 62.9. The Balaban J connectivity index is 5.09. The van der Waals surface area contributed by atoms with E-state index in [2.05, 4.69) is 74.7 Å². The van der Waals surface area contributed by atoms with Crippen molar-refractivity contribution in [1.29, 1.82) is 0 Å². The van der Waals surface area contributed by atoms with E-state index in [1.54, 1.807) is 0 Å². The fourth-order valence-corrected chi connectivity index (χ4v) is 11.5. The Bertz CT molecular complexity index is 1640. The van der Waals surface area contributed by atoms with Crippen LogP contribution >= 0.6 is 7.82 Å². The summed E-state index contributed by atoms with van der Waals surface area (Å²) in [7, 11) is 1.18. The minimum Gasteiger partial charge on any atom is -0.756 e. The molecule has 0 aliphatic heterocycles. The zero-order chi connectivity index (χ0) is 62.1. The van der Waals surface area contributed by atoms with Gasteiger partial charge in [0.1, 0.15) is 19.3 Å². The van der Waals surface area contributed by atoms with Crippen molar-refractivity contribution in [3.8, 4) is 0 Å². The van der Waals surface area contributed by atoms with E-state index in [9.17, 15) is 19.0 Å². The van der Waals surface area contributed by atoms with E-state index in [1.165, 1.54) is 225 Å². The molecule has 498 valence electrons. The molecule has 0 fully saturated rings. The van der Waals surface area contributed by atoms with E-state index in [0.717, 1.165) is 96.3 Å². The molecule has 0 saturated heterocycles. The summed E-state index contributed by atoms with van der Waals surface area (Å²) in [5.74, 6) is -0.547. The number of ether oxygens (including phenoxy) is 1. The SMILES string of the molecule is CCCCC/C=C\C/C=C\C/C=C\C/C=C\CCCCCCCC(=O)NC(COP(=O)([O-])OCC[N+](C)(C)C)C(/C=C/CCCCCCCCCCCCC)OC(=O)CCCCCCCCCCCCCCCCCCCCCCCCCCC. The number of amides is 1. The summed E-state index contributed by atoms with van der Waals surface area (Å²) >= 11 is 0. The van der Waals surface area contributed by atoms with Crippen molar-refractivity contribution in [3.05, 3.63) is 60.8 Å². The van der Waals surface area contributed by atoms with Gasteiger partial charge < -0.3 is 28.5 Å². The normalized spacial score (nSPS) is 13.8. The molecule has 1 amide bonds. The van der Waals surface area contributed by atoms with Crippen molar-refractivity contribution in [2.45, 2.75) is 367 Å². The zero-order valence-electron chi connectivity index (χ0n) is 57.1. The molecule has 0 saturated carbocycles. The Morgan fingerprint density at radius 3 is 1.09 bits per heavy atom. The highest BCUT2D eigenvalue weighted by Gasteiger charge is 2.27. The van der Waals surface area contributed by atoms with Crippen LogP contribution in [0.15, 0.2) is 60.8 Å². The average molecular weight is 1210 g/mol. The number of nitrogens with zero attached hydrogens (tertiary/aromatic N) is 1. The molecule has 10 heteroatoms. The van der Waals surface area contributed by atoms with Crippen LogP contribution in [0.5, 0.6) is 0 Å². The number of carbonyl (C=O) groups excluding carboxylic acids is 2. The van der Waals surface area contributed by atoms with E-state index in [-0.39, 0.29) is 24.9 Å². The second-order valence-corrected chi connectivity index (χ2v) is 27.5. The molecule has 1 N–H and O–H groups in total. The van der Waals surface area contributed by atoms with Gasteiger partial charge in [-0.25, -0.2) is 0 Å². The lowest BCUT2D eigenvalue weighted by Crippen LogP contribution is -2.47. The van der Waals surface area contributed by atoms with Crippen LogP contribution in [-0.2, 0) is 27.9 Å². The lowest BCUT2D eigenvalue weighted by Gasteiger charge is -2.30. The van der Waals surface area contributed by atoms with Gasteiger partial charge in [-0.2, -0.15) is 0 Å². The monoisotopic (exact) mass is 1210 g/mol. The van der Waals surface area contributed by atoms with Gasteiger partial charge in [0.05, 0.1) is 33.8 Å². The molecule has 0 aromatic rings. The first-order chi connectivity index (χ1) is 41.4. The Hall–Kier alpha value is -2.29. The fourth-order valence-electron chi connectivity index (χ4n) is 10.8. The summed E-state index contributed by atoms with van der Waals surface area (Å²) in [6, 6.07) is -0.899. The molecular formula is C75H141N2O7P. The molecule has 0 aromatic carbocycles. The van der Waals surface area contributed by atoms with Crippen LogP contribution in [0, 0.1) is 0 Å². The van der Waals surface area contributed by atoms with Gasteiger partial charge in [-0.3, -0.25) is 14.2 Å². The number of hydrogen-bond acceptors (Lipinski definition) is 7. The predicted octanol–water partition coefficient (Wildman–Crippen LogP) is 22.7. The molecule has 85 heavy (non-hydrogen) atoms. The number of allylic oxidation sites excluding steroid dienone is 9. The molecule has 3 atom stereocenters. The quantitative estimate of drug-likeness (QED) is 0.0212. The standard InChI is InChI=1S/C75H141N2O7P/c1-7-10-13-16-19-22-25-28-30-32-34-36-37-38-39-41-43-45-47-50-53-56-59-62-65-68-75(79)84-73(66-63-60-57-54-51-48-27-24-21-18-15-12-9-3)72(71-83-85(80,81)82-70-69-77(4,5)6)76-74(78)67-64-61-58-55-52-49-46-44-42-40-35-33-31-29-26-23-20-17-14-11-8-2/h20,23,29,31,35,40,44,46,63,66,72-73H,7-19,21-22,24-28,30,32-34,36-39,41-43,45,47-62,64-65,67-71H2,1-6H3,(H-,76,78,80,81)/b23-20-,31-29-,40-35-,46-44-,66-63+. The van der Waals surface area contributed by atoms with Gasteiger partial charge >= 0.3 is 5.97 Å². The lowest BCUT2D eigenvalue weighted by molar-refractivity contribution is -0.870. The summed E-state index contributed by atoms with van der Waals surface area (Å²) in [6.45, 7) is 6.85. The number of carbonyl (C=O) groups is 2. The van der Waals surface area contributed by atoms with Crippen molar-refractivity contribution in [1.82, 2.24) is 5.32 Å². The van der Waals surface area contributed by atoms with Gasteiger partial charge in [0.15, 0.2) is 0 Å². The predicted molar refractivity (Wildman–Crippen MR) is 367 cm³/mol. The number of phosphoric acid groups is 1. The molecule has 0 aliphatic carbocycles. The van der Waals surface area contributed by atoms with E-state index < -0.39 is 26.6 Å². The van der Waals surface area contributed by atoms with Crippen LogP contribution < -0.4 is 10.2 Å².